The first-order valence-corrected chi connectivity index (χ1v) is 3.77. The van der Waals surface area contributed by atoms with Crippen LogP contribution in [0.3, 0.4) is 0 Å². The van der Waals surface area contributed by atoms with Crippen molar-refractivity contribution in [2.45, 2.75) is 47.5 Å². The van der Waals surface area contributed by atoms with Crippen LogP contribution in [0.25, 0.3) is 0 Å². The molecule has 0 aliphatic heterocycles. The molecule has 0 atom stereocenters. The van der Waals surface area contributed by atoms with Crippen LogP contribution in [0.5, 0.6) is 0 Å². The van der Waals surface area contributed by atoms with Crippen molar-refractivity contribution in [1.29, 1.82) is 0 Å². The molecule has 0 fully saturated rings. The average molecular weight is 127 g/mol. The molecule has 0 heteroatoms. The molecule has 0 aromatic carbocycles. The Labute approximate surface area is 59.7 Å². The largest absolute Gasteiger partial charge is 0.319 e. The second kappa shape index (κ2) is 3.24. The Morgan fingerprint density at radius 3 is 1.78 bits per heavy atom. The van der Waals surface area contributed by atoms with Gasteiger partial charge in [0.1, 0.15) is 0 Å². The highest BCUT2D eigenvalue weighted by molar-refractivity contribution is 4.84. The lowest BCUT2D eigenvalue weighted by Crippen LogP contribution is -2.11. The Bertz CT molecular complexity index is 70.1. The van der Waals surface area contributed by atoms with Crippen molar-refractivity contribution in [3.05, 3.63) is 5.92 Å². The summed E-state index contributed by atoms with van der Waals surface area (Å²) in [7, 11) is 0. The number of hydrogen-bond donors (Lipinski definition) is 0. The van der Waals surface area contributed by atoms with Gasteiger partial charge in [-0.15, -0.1) is 0 Å². The lowest BCUT2D eigenvalue weighted by Gasteiger charge is -2.32. The molecule has 0 aromatic heterocycles. The SMILES string of the molecule is CCC(C)(C)C[C-](C)C. The molecule has 0 heterocycles. The Morgan fingerprint density at radius 1 is 1.22 bits per heavy atom. The van der Waals surface area contributed by atoms with Crippen LogP contribution in [-0.2, 0) is 0 Å². The number of rotatable bonds is 3. The van der Waals surface area contributed by atoms with Crippen molar-refractivity contribution in [3.63, 3.8) is 0 Å². The molecule has 0 aliphatic rings. The maximum atomic E-state index is 2.32. The van der Waals surface area contributed by atoms with Gasteiger partial charge in [-0.3, -0.25) is 0 Å². The molecule has 9 heavy (non-hydrogen) atoms. The van der Waals surface area contributed by atoms with E-state index < -0.39 is 0 Å². The summed E-state index contributed by atoms with van der Waals surface area (Å²) < 4.78 is 0. The smallest absolute Gasteiger partial charge is 0.0534 e. The Kier molecular flexibility index (Phi) is 3.24. The second-order valence-electron chi connectivity index (χ2n) is 3.90. The predicted octanol–water partition coefficient (Wildman–Crippen LogP) is 3.43. The van der Waals surface area contributed by atoms with Crippen molar-refractivity contribution < 1.29 is 0 Å². The van der Waals surface area contributed by atoms with Crippen LogP contribution in [0.1, 0.15) is 47.5 Å². The monoisotopic (exact) mass is 127 g/mol. The van der Waals surface area contributed by atoms with Gasteiger partial charge in [-0.25, -0.2) is 0 Å². The summed E-state index contributed by atoms with van der Waals surface area (Å²) in [6, 6.07) is 0. The van der Waals surface area contributed by atoms with E-state index >= 15 is 0 Å². The molecule has 0 N–H and O–H groups in total. The molecular weight excluding hydrogens is 108 g/mol. The quantitative estimate of drug-likeness (QED) is 0.509. The zero-order valence-electron chi connectivity index (χ0n) is 7.41. The van der Waals surface area contributed by atoms with E-state index in [1.165, 1.54) is 12.8 Å². The molecule has 0 radical (unpaired) electrons. The van der Waals surface area contributed by atoms with Crippen molar-refractivity contribution >= 4 is 0 Å². The van der Waals surface area contributed by atoms with Crippen LogP contribution in [-0.4, -0.2) is 0 Å². The first-order valence-electron chi connectivity index (χ1n) is 3.77. The summed E-state index contributed by atoms with van der Waals surface area (Å²) in [6.45, 7) is 11.3. The highest BCUT2D eigenvalue weighted by Crippen LogP contribution is 2.28. The maximum Gasteiger partial charge on any atom is -0.0534 e. The molecule has 0 nitrogen and oxygen atoms in total. The topological polar surface area (TPSA) is 0 Å². The van der Waals surface area contributed by atoms with Crippen molar-refractivity contribution in [2.75, 3.05) is 0 Å². The van der Waals surface area contributed by atoms with Gasteiger partial charge in [-0.2, -0.15) is 20.3 Å². The Morgan fingerprint density at radius 2 is 1.67 bits per heavy atom. The number of hydrogen-bond acceptors (Lipinski definition) is 0. The third kappa shape index (κ3) is 4.50. The molecule has 0 aromatic rings. The van der Waals surface area contributed by atoms with Crippen LogP contribution >= 0.6 is 0 Å². The van der Waals surface area contributed by atoms with E-state index in [1.54, 1.807) is 5.92 Å². The molecule has 0 saturated carbocycles. The second-order valence-corrected chi connectivity index (χ2v) is 3.90. The summed E-state index contributed by atoms with van der Waals surface area (Å²) in [6.07, 6.45) is 2.54. The lowest BCUT2D eigenvalue weighted by molar-refractivity contribution is 0.332. The van der Waals surface area contributed by atoms with Gasteiger partial charge in [0.2, 0.25) is 0 Å². The highest BCUT2D eigenvalue weighted by Gasteiger charge is 2.09. The molecule has 0 amide bonds. The highest BCUT2D eigenvalue weighted by atomic mass is 14.2. The van der Waals surface area contributed by atoms with Crippen molar-refractivity contribution in [1.82, 2.24) is 0 Å². The van der Waals surface area contributed by atoms with Gasteiger partial charge in [-0.1, -0.05) is 32.6 Å². The van der Waals surface area contributed by atoms with Crippen LogP contribution in [0.2, 0.25) is 0 Å². The third-order valence-electron chi connectivity index (χ3n) is 1.79. The van der Waals surface area contributed by atoms with Crippen LogP contribution < -0.4 is 0 Å². The van der Waals surface area contributed by atoms with E-state index in [4.69, 9.17) is 0 Å². The van der Waals surface area contributed by atoms with E-state index in [9.17, 15) is 0 Å². The van der Waals surface area contributed by atoms with Crippen LogP contribution in [0.4, 0.5) is 0 Å². The Hall–Kier alpha value is 0. The van der Waals surface area contributed by atoms with Gasteiger partial charge < -0.3 is 5.92 Å². The van der Waals surface area contributed by atoms with Crippen LogP contribution in [0.15, 0.2) is 0 Å². The zero-order valence-corrected chi connectivity index (χ0v) is 7.41. The molecule has 0 aliphatic carbocycles. The van der Waals surface area contributed by atoms with Gasteiger partial charge >= 0.3 is 0 Å². The molecule has 0 spiro atoms. The summed E-state index contributed by atoms with van der Waals surface area (Å²) in [5.41, 5.74) is 0.527. The first-order chi connectivity index (χ1) is 3.98. The summed E-state index contributed by atoms with van der Waals surface area (Å²) in [4.78, 5) is 0. The fourth-order valence-corrected chi connectivity index (χ4v) is 1.08. The lowest BCUT2D eigenvalue weighted by atomic mass is 9.82. The van der Waals surface area contributed by atoms with Crippen molar-refractivity contribution in [2.24, 2.45) is 5.41 Å². The normalized spacial score (nSPS) is 12.7. The van der Waals surface area contributed by atoms with Gasteiger partial charge in [-0.05, 0) is 0 Å². The first kappa shape index (κ1) is 9.00. The van der Waals surface area contributed by atoms with Gasteiger partial charge in [0.25, 0.3) is 0 Å². The van der Waals surface area contributed by atoms with E-state index in [1.807, 2.05) is 0 Å². The minimum absolute atomic E-state index is 0.527. The van der Waals surface area contributed by atoms with E-state index in [2.05, 4.69) is 34.6 Å². The van der Waals surface area contributed by atoms with E-state index in [0.717, 1.165) is 0 Å². The summed E-state index contributed by atoms with van der Waals surface area (Å²) in [5, 5.41) is 0. The zero-order chi connectivity index (χ0) is 7.49. The van der Waals surface area contributed by atoms with Gasteiger partial charge in [0.15, 0.2) is 0 Å². The summed E-state index contributed by atoms with van der Waals surface area (Å²) in [5.74, 6) is 1.54. The average Bonchev–Trinajstić information content (AvgIpc) is 1.63. The molecule has 0 bridgehead atoms. The van der Waals surface area contributed by atoms with Gasteiger partial charge in [0, 0.05) is 0 Å². The third-order valence-corrected chi connectivity index (χ3v) is 1.79. The van der Waals surface area contributed by atoms with Crippen LogP contribution in [0, 0.1) is 11.3 Å². The minimum Gasteiger partial charge on any atom is -0.319 e. The fraction of sp³-hybridized carbons (Fsp3) is 0.889. The van der Waals surface area contributed by atoms with E-state index in [0.29, 0.717) is 5.41 Å². The maximum absolute atomic E-state index is 2.32. The summed E-state index contributed by atoms with van der Waals surface area (Å²) >= 11 is 0. The standard InChI is InChI=1S/C9H19/c1-6-9(4,5)7-8(2)3/h6-7H2,1-5H3/q-1. The molecule has 0 rings (SSSR count). The van der Waals surface area contributed by atoms with Gasteiger partial charge in [0.05, 0.1) is 0 Å². The van der Waals surface area contributed by atoms with E-state index in [-0.39, 0.29) is 0 Å². The molecule has 0 saturated heterocycles. The molecular formula is C9H19-. The predicted molar refractivity (Wildman–Crippen MR) is 43.3 cm³/mol. The Balaban J connectivity index is 3.58. The molecule has 56 valence electrons. The fourth-order valence-electron chi connectivity index (χ4n) is 1.08. The van der Waals surface area contributed by atoms with Crippen molar-refractivity contribution in [3.8, 4) is 0 Å². The molecule has 0 unspecified atom stereocenters. The minimum atomic E-state index is 0.527.